The van der Waals surface area contributed by atoms with Gasteiger partial charge in [-0.3, -0.25) is 0 Å². The van der Waals surface area contributed by atoms with Gasteiger partial charge in [-0.15, -0.1) is 0 Å². The molecule has 1 saturated heterocycles. The van der Waals surface area contributed by atoms with Crippen LogP contribution in [0.5, 0.6) is 0 Å². The molecule has 0 saturated carbocycles. The van der Waals surface area contributed by atoms with Crippen LogP contribution in [-0.2, 0) is 18.4 Å². The zero-order valence-corrected chi connectivity index (χ0v) is 11.0. The molecule has 1 aliphatic rings. The molecule has 1 aromatic heterocycles. The molecule has 2 heterocycles. The molecule has 4 nitrogen and oxygen atoms in total. The lowest BCUT2D eigenvalue weighted by Gasteiger charge is -2.22. The van der Waals surface area contributed by atoms with Crippen LogP contribution >= 0.6 is 11.6 Å². The number of hydrogen-bond donors (Lipinski definition) is 1. The SMILES string of the molecule is Cn1c(Cl)cnc1COCCC1CCCNC1. The fourth-order valence-corrected chi connectivity index (χ4v) is 2.29. The predicted molar refractivity (Wildman–Crippen MR) is 68.1 cm³/mol. The maximum absolute atomic E-state index is 5.90. The summed E-state index contributed by atoms with van der Waals surface area (Å²) in [7, 11) is 1.90. The normalized spacial score (nSPS) is 20.7. The van der Waals surface area contributed by atoms with Crippen LogP contribution in [0.1, 0.15) is 25.1 Å². The predicted octanol–water partition coefficient (Wildman–Crippen LogP) is 1.98. The van der Waals surface area contributed by atoms with Crippen molar-refractivity contribution in [1.29, 1.82) is 0 Å². The highest BCUT2D eigenvalue weighted by Crippen LogP contribution is 2.14. The fraction of sp³-hybridized carbons (Fsp3) is 0.750. The Hall–Kier alpha value is -0.580. The first-order chi connectivity index (χ1) is 8.27. The number of nitrogens with zero attached hydrogens (tertiary/aromatic N) is 2. The van der Waals surface area contributed by atoms with Gasteiger partial charge in [0.25, 0.3) is 0 Å². The number of halogens is 1. The molecule has 0 amide bonds. The van der Waals surface area contributed by atoms with Crippen LogP contribution < -0.4 is 5.32 Å². The lowest BCUT2D eigenvalue weighted by molar-refractivity contribution is 0.0972. The molecule has 0 bridgehead atoms. The Bertz CT molecular complexity index is 348. The number of imidazole rings is 1. The maximum Gasteiger partial charge on any atom is 0.135 e. The molecule has 1 N–H and O–H groups in total. The quantitative estimate of drug-likeness (QED) is 0.820. The van der Waals surface area contributed by atoms with E-state index in [1.54, 1.807) is 6.20 Å². The van der Waals surface area contributed by atoms with Gasteiger partial charge in [0.2, 0.25) is 0 Å². The molecular weight excluding hydrogens is 238 g/mol. The van der Waals surface area contributed by atoms with E-state index in [1.807, 2.05) is 11.6 Å². The van der Waals surface area contributed by atoms with Crippen molar-refractivity contribution in [2.45, 2.75) is 25.9 Å². The third-order valence-corrected chi connectivity index (χ3v) is 3.68. The average Bonchev–Trinajstić information content (AvgIpc) is 2.67. The van der Waals surface area contributed by atoms with Crippen LogP contribution in [-0.4, -0.2) is 29.2 Å². The van der Waals surface area contributed by atoms with Crippen molar-refractivity contribution in [3.63, 3.8) is 0 Å². The molecule has 1 aliphatic heterocycles. The minimum absolute atomic E-state index is 0.545. The zero-order valence-electron chi connectivity index (χ0n) is 10.3. The van der Waals surface area contributed by atoms with E-state index in [4.69, 9.17) is 16.3 Å². The second kappa shape index (κ2) is 6.38. The number of rotatable bonds is 5. The minimum Gasteiger partial charge on any atom is -0.374 e. The molecule has 0 aliphatic carbocycles. The van der Waals surface area contributed by atoms with E-state index < -0.39 is 0 Å². The molecule has 1 atom stereocenters. The minimum atomic E-state index is 0.545. The summed E-state index contributed by atoms with van der Waals surface area (Å²) in [6.45, 7) is 3.65. The van der Waals surface area contributed by atoms with Crippen LogP contribution in [0, 0.1) is 5.92 Å². The highest BCUT2D eigenvalue weighted by Gasteiger charge is 2.12. The highest BCUT2D eigenvalue weighted by molar-refractivity contribution is 6.29. The Labute approximate surface area is 107 Å². The van der Waals surface area contributed by atoms with Gasteiger partial charge in [0.15, 0.2) is 0 Å². The Balaban J connectivity index is 1.64. The fourth-order valence-electron chi connectivity index (χ4n) is 2.14. The van der Waals surface area contributed by atoms with Gasteiger partial charge in [0.1, 0.15) is 17.6 Å². The first-order valence-corrected chi connectivity index (χ1v) is 6.59. The van der Waals surface area contributed by atoms with Gasteiger partial charge in [0, 0.05) is 13.7 Å². The van der Waals surface area contributed by atoms with Crippen LogP contribution in [0.2, 0.25) is 5.15 Å². The number of piperidine rings is 1. The summed E-state index contributed by atoms with van der Waals surface area (Å²) < 4.78 is 7.50. The Morgan fingerprint density at radius 2 is 2.53 bits per heavy atom. The van der Waals surface area contributed by atoms with Crippen molar-refractivity contribution in [2.75, 3.05) is 19.7 Å². The monoisotopic (exact) mass is 257 g/mol. The van der Waals surface area contributed by atoms with E-state index >= 15 is 0 Å². The Morgan fingerprint density at radius 1 is 1.65 bits per heavy atom. The first kappa shape index (κ1) is 12.9. The number of ether oxygens (including phenoxy) is 1. The summed E-state index contributed by atoms with van der Waals surface area (Å²) in [4.78, 5) is 4.19. The van der Waals surface area contributed by atoms with Crippen molar-refractivity contribution in [2.24, 2.45) is 13.0 Å². The Morgan fingerprint density at radius 3 is 3.18 bits per heavy atom. The van der Waals surface area contributed by atoms with E-state index in [-0.39, 0.29) is 0 Å². The summed E-state index contributed by atoms with van der Waals surface area (Å²) in [5, 5.41) is 4.07. The zero-order chi connectivity index (χ0) is 12.1. The molecule has 1 aromatic rings. The van der Waals surface area contributed by atoms with Crippen molar-refractivity contribution in [3.8, 4) is 0 Å². The lowest BCUT2D eigenvalue weighted by atomic mass is 9.97. The smallest absolute Gasteiger partial charge is 0.135 e. The molecule has 1 unspecified atom stereocenters. The third-order valence-electron chi connectivity index (χ3n) is 3.33. The van der Waals surface area contributed by atoms with Crippen LogP contribution in [0.25, 0.3) is 0 Å². The molecule has 0 aromatic carbocycles. The van der Waals surface area contributed by atoms with Crippen LogP contribution in [0.4, 0.5) is 0 Å². The largest absolute Gasteiger partial charge is 0.374 e. The second-order valence-electron chi connectivity index (χ2n) is 4.61. The standard InChI is InChI=1S/C12H20ClN3O/c1-16-11(13)8-15-12(16)9-17-6-4-10-3-2-5-14-7-10/h8,10,14H,2-7,9H2,1H3. The van der Waals surface area contributed by atoms with E-state index in [9.17, 15) is 0 Å². The van der Waals surface area contributed by atoms with E-state index in [0.29, 0.717) is 11.8 Å². The van der Waals surface area contributed by atoms with Crippen molar-refractivity contribution < 1.29 is 4.74 Å². The Kier molecular flexibility index (Phi) is 4.83. The highest BCUT2D eigenvalue weighted by atomic mass is 35.5. The van der Waals surface area contributed by atoms with Crippen molar-refractivity contribution >= 4 is 11.6 Å². The molecule has 96 valence electrons. The van der Waals surface area contributed by atoms with E-state index in [2.05, 4.69) is 10.3 Å². The molecule has 5 heteroatoms. The second-order valence-corrected chi connectivity index (χ2v) is 5.00. The molecule has 0 spiro atoms. The van der Waals surface area contributed by atoms with Crippen LogP contribution in [0.15, 0.2) is 6.20 Å². The molecule has 1 fully saturated rings. The van der Waals surface area contributed by atoms with Gasteiger partial charge >= 0.3 is 0 Å². The first-order valence-electron chi connectivity index (χ1n) is 6.22. The van der Waals surface area contributed by atoms with Gasteiger partial charge in [-0.25, -0.2) is 4.98 Å². The summed E-state index contributed by atoms with van der Waals surface area (Å²) in [5.74, 6) is 1.66. The van der Waals surface area contributed by atoms with Crippen molar-refractivity contribution in [1.82, 2.24) is 14.9 Å². The topological polar surface area (TPSA) is 39.1 Å². The van der Waals surface area contributed by atoms with E-state index in [0.717, 1.165) is 31.3 Å². The third kappa shape index (κ3) is 3.69. The van der Waals surface area contributed by atoms with Crippen molar-refractivity contribution in [3.05, 3.63) is 17.2 Å². The molecule has 17 heavy (non-hydrogen) atoms. The summed E-state index contributed by atoms with van der Waals surface area (Å²) in [6, 6.07) is 0. The van der Waals surface area contributed by atoms with E-state index in [1.165, 1.54) is 19.4 Å². The van der Waals surface area contributed by atoms with Gasteiger partial charge in [-0.05, 0) is 38.3 Å². The molecule has 0 radical (unpaired) electrons. The maximum atomic E-state index is 5.90. The van der Waals surface area contributed by atoms with Gasteiger partial charge in [0.05, 0.1) is 6.20 Å². The van der Waals surface area contributed by atoms with Gasteiger partial charge < -0.3 is 14.6 Å². The van der Waals surface area contributed by atoms with Gasteiger partial charge in [-0.1, -0.05) is 11.6 Å². The molecule has 2 rings (SSSR count). The van der Waals surface area contributed by atoms with Crippen LogP contribution in [0.3, 0.4) is 0 Å². The average molecular weight is 258 g/mol. The summed E-state index contributed by atoms with van der Waals surface area (Å²) >= 11 is 5.90. The van der Waals surface area contributed by atoms with Gasteiger partial charge in [-0.2, -0.15) is 0 Å². The molecular formula is C12H20ClN3O. The lowest BCUT2D eigenvalue weighted by Crippen LogP contribution is -2.30. The number of nitrogens with one attached hydrogen (secondary N) is 1. The number of aromatic nitrogens is 2. The summed E-state index contributed by atoms with van der Waals surface area (Å²) in [6.07, 6.45) is 5.40. The number of hydrogen-bond acceptors (Lipinski definition) is 3. The summed E-state index contributed by atoms with van der Waals surface area (Å²) in [5.41, 5.74) is 0.